The summed E-state index contributed by atoms with van der Waals surface area (Å²) in [5.74, 6) is -0.130. The van der Waals surface area contributed by atoms with Crippen molar-refractivity contribution in [2.45, 2.75) is 6.92 Å². The van der Waals surface area contributed by atoms with Crippen LogP contribution in [0.1, 0.15) is 16.1 Å². The van der Waals surface area contributed by atoms with Crippen molar-refractivity contribution >= 4 is 39.8 Å². The minimum atomic E-state index is -0.130. The average molecular weight is 377 g/mol. The number of aryl methyl sites for hydroxylation is 1. The molecule has 2 aromatic heterocycles. The molecule has 1 N–H and O–H groups in total. The largest absolute Gasteiger partial charge is 0.322 e. The molecule has 20 heavy (non-hydrogen) atoms. The Morgan fingerprint density at radius 3 is 2.75 bits per heavy atom. The van der Waals surface area contributed by atoms with Gasteiger partial charge in [-0.1, -0.05) is 0 Å². The number of carbonyl (C=O) groups is 1. The Bertz CT molecular complexity index is 777. The molecule has 3 rings (SSSR count). The fourth-order valence-electron chi connectivity index (χ4n) is 1.99. The summed E-state index contributed by atoms with van der Waals surface area (Å²) in [6.45, 7) is 1.93. The topological polar surface area (TPSA) is 46.4 Å². The highest BCUT2D eigenvalue weighted by Gasteiger charge is 2.08. The van der Waals surface area contributed by atoms with Crippen LogP contribution in [0.5, 0.6) is 0 Å². The number of hydrogen-bond donors (Lipinski definition) is 1. The molecule has 1 aromatic carbocycles. The number of nitrogens with zero attached hydrogens (tertiary/aromatic N) is 2. The lowest BCUT2D eigenvalue weighted by molar-refractivity contribution is 0.102. The number of rotatable bonds is 2. The van der Waals surface area contributed by atoms with Crippen molar-refractivity contribution in [3.05, 3.63) is 63.6 Å². The number of anilines is 1. The first-order valence-electron chi connectivity index (χ1n) is 6.14. The molecule has 2 heterocycles. The predicted molar refractivity (Wildman–Crippen MR) is 87.0 cm³/mol. The number of pyridine rings is 1. The van der Waals surface area contributed by atoms with Gasteiger partial charge in [-0.05, 0) is 65.9 Å². The molecule has 0 aliphatic carbocycles. The van der Waals surface area contributed by atoms with E-state index in [1.54, 1.807) is 12.1 Å². The summed E-state index contributed by atoms with van der Waals surface area (Å²) in [6.07, 6.45) is 3.77. The van der Waals surface area contributed by atoms with Crippen LogP contribution in [0.25, 0.3) is 5.65 Å². The molecule has 0 unspecified atom stereocenters. The minimum Gasteiger partial charge on any atom is -0.322 e. The molecule has 0 saturated heterocycles. The van der Waals surface area contributed by atoms with E-state index in [0.717, 1.165) is 20.6 Å². The second-order valence-electron chi connectivity index (χ2n) is 4.52. The summed E-state index contributed by atoms with van der Waals surface area (Å²) in [5.41, 5.74) is 3.09. The van der Waals surface area contributed by atoms with Gasteiger partial charge in [0.25, 0.3) is 5.91 Å². The first kappa shape index (κ1) is 13.1. The molecule has 3 aromatic rings. The van der Waals surface area contributed by atoms with Crippen molar-refractivity contribution in [2.24, 2.45) is 0 Å². The van der Waals surface area contributed by atoms with Gasteiger partial charge < -0.3 is 9.72 Å². The molecule has 0 radical (unpaired) electrons. The lowest BCUT2D eigenvalue weighted by atomic mass is 10.2. The van der Waals surface area contributed by atoms with E-state index < -0.39 is 0 Å². The number of fused-ring (bicyclic) bond motifs is 1. The summed E-state index contributed by atoms with van der Waals surface area (Å²) in [6, 6.07) is 11.3. The molecule has 100 valence electrons. The zero-order chi connectivity index (χ0) is 14.1. The minimum absolute atomic E-state index is 0.130. The average Bonchev–Trinajstić information content (AvgIpc) is 2.80. The number of aromatic nitrogens is 2. The van der Waals surface area contributed by atoms with Crippen LogP contribution in [-0.4, -0.2) is 15.3 Å². The third-order valence-electron chi connectivity index (χ3n) is 2.94. The fraction of sp³-hybridized carbons (Fsp3) is 0.0667. The van der Waals surface area contributed by atoms with Gasteiger partial charge in [-0.25, -0.2) is 4.98 Å². The summed E-state index contributed by atoms with van der Waals surface area (Å²) in [7, 11) is 0. The van der Waals surface area contributed by atoms with Gasteiger partial charge in [0.1, 0.15) is 5.65 Å². The van der Waals surface area contributed by atoms with Gasteiger partial charge >= 0.3 is 0 Å². The van der Waals surface area contributed by atoms with Crippen LogP contribution in [0.3, 0.4) is 0 Å². The van der Waals surface area contributed by atoms with Gasteiger partial charge in [0.2, 0.25) is 0 Å². The Balaban J connectivity index is 1.86. The Morgan fingerprint density at radius 2 is 2.00 bits per heavy atom. The van der Waals surface area contributed by atoms with E-state index in [4.69, 9.17) is 0 Å². The lowest BCUT2D eigenvalue weighted by Gasteiger charge is -2.05. The maximum absolute atomic E-state index is 12.2. The second-order valence-corrected chi connectivity index (χ2v) is 5.77. The van der Waals surface area contributed by atoms with E-state index in [2.05, 4.69) is 32.9 Å². The number of nitrogens with one attached hydrogen (secondary N) is 1. The monoisotopic (exact) mass is 377 g/mol. The highest BCUT2D eigenvalue weighted by atomic mass is 127. The Morgan fingerprint density at radius 1 is 1.25 bits per heavy atom. The summed E-state index contributed by atoms with van der Waals surface area (Å²) in [5, 5.41) is 2.88. The first-order valence-corrected chi connectivity index (χ1v) is 7.22. The van der Waals surface area contributed by atoms with Crippen molar-refractivity contribution in [1.29, 1.82) is 0 Å². The summed E-state index contributed by atoms with van der Waals surface area (Å²) >= 11 is 2.23. The van der Waals surface area contributed by atoms with E-state index in [-0.39, 0.29) is 5.91 Å². The standard InChI is InChI=1S/C15H12IN3O/c1-10-9-19-7-6-11(8-14(19)17-10)15(20)18-13-4-2-12(16)3-5-13/h2-9H,1H3,(H,18,20). The van der Waals surface area contributed by atoms with Crippen LogP contribution in [0.15, 0.2) is 48.8 Å². The molecule has 0 atom stereocenters. The quantitative estimate of drug-likeness (QED) is 0.695. The number of hydrogen-bond acceptors (Lipinski definition) is 2. The summed E-state index contributed by atoms with van der Waals surface area (Å²) < 4.78 is 3.03. The molecule has 0 spiro atoms. The zero-order valence-corrected chi connectivity index (χ0v) is 13.0. The van der Waals surface area contributed by atoms with E-state index in [1.807, 2.05) is 48.0 Å². The van der Waals surface area contributed by atoms with Gasteiger partial charge in [0.15, 0.2) is 0 Å². The van der Waals surface area contributed by atoms with Crippen molar-refractivity contribution in [3.63, 3.8) is 0 Å². The van der Waals surface area contributed by atoms with Crippen LogP contribution >= 0.6 is 22.6 Å². The first-order chi connectivity index (χ1) is 9.61. The number of imidazole rings is 1. The van der Waals surface area contributed by atoms with Crippen LogP contribution in [0.4, 0.5) is 5.69 Å². The SMILES string of the molecule is Cc1cn2ccc(C(=O)Nc3ccc(I)cc3)cc2n1. The fourth-order valence-corrected chi connectivity index (χ4v) is 2.35. The van der Waals surface area contributed by atoms with E-state index >= 15 is 0 Å². The number of amides is 1. The molecule has 4 nitrogen and oxygen atoms in total. The number of carbonyl (C=O) groups excluding carboxylic acids is 1. The van der Waals surface area contributed by atoms with Gasteiger partial charge in [-0.2, -0.15) is 0 Å². The van der Waals surface area contributed by atoms with E-state index in [9.17, 15) is 4.79 Å². The molecule has 0 saturated carbocycles. The zero-order valence-electron chi connectivity index (χ0n) is 10.8. The third-order valence-corrected chi connectivity index (χ3v) is 3.66. The summed E-state index contributed by atoms with van der Waals surface area (Å²) in [4.78, 5) is 16.6. The molecular weight excluding hydrogens is 365 g/mol. The van der Waals surface area contributed by atoms with Crippen LogP contribution in [-0.2, 0) is 0 Å². The molecule has 5 heteroatoms. The van der Waals surface area contributed by atoms with Gasteiger partial charge in [-0.3, -0.25) is 4.79 Å². The molecule has 0 fully saturated rings. The van der Waals surface area contributed by atoms with Crippen molar-refractivity contribution in [3.8, 4) is 0 Å². The van der Waals surface area contributed by atoms with Crippen molar-refractivity contribution < 1.29 is 4.79 Å². The molecule has 1 amide bonds. The van der Waals surface area contributed by atoms with Gasteiger partial charge in [0.05, 0.1) is 5.69 Å². The predicted octanol–water partition coefficient (Wildman–Crippen LogP) is 3.50. The second kappa shape index (κ2) is 5.24. The Kier molecular flexibility index (Phi) is 3.43. The maximum Gasteiger partial charge on any atom is 0.255 e. The van der Waals surface area contributed by atoms with Crippen LogP contribution in [0.2, 0.25) is 0 Å². The van der Waals surface area contributed by atoms with Crippen molar-refractivity contribution in [1.82, 2.24) is 9.38 Å². The van der Waals surface area contributed by atoms with E-state index in [1.165, 1.54) is 0 Å². The molecular formula is C15H12IN3O. The molecule has 0 aliphatic heterocycles. The maximum atomic E-state index is 12.2. The van der Waals surface area contributed by atoms with Crippen LogP contribution < -0.4 is 5.32 Å². The normalized spacial score (nSPS) is 10.7. The number of halogens is 1. The Hall–Kier alpha value is -1.89. The molecule has 0 aliphatic rings. The van der Waals surface area contributed by atoms with E-state index in [0.29, 0.717) is 5.56 Å². The lowest BCUT2D eigenvalue weighted by Crippen LogP contribution is -2.12. The van der Waals surface area contributed by atoms with Gasteiger partial charge in [-0.15, -0.1) is 0 Å². The number of benzene rings is 1. The van der Waals surface area contributed by atoms with Crippen molar-refractivity contribution in [2.75, 3.05) is 5.32 Å². The van der Waals surface area contributed by atoms with Gasteiger partial charge in [0, 0.05) is 27.2 Å². The highest BCUT2D eigenvalue weighted by molar-refractivity contribution is 14.1. The van der Waals surface area contributed by atoms with Crippen LogP contribution in [0, 0.1) is 10.5 Å². The smallest absolute Gasteiger partial charge is 0.255 e. The highest BCUT2D eigenvalue weighted by Crippen LogP contribution is 2.14. The third kappa shape index (κ3) is 2.67. The Labute approximate surface area is 130 Å². The molecule has 0 bridgehead atoms.